The van der Waals surface area contributed by atoms with E-state index in [4.69, 9.17) is 9.47 Å². The summed E-state index contributed by atoms with van der Waals surface area (Å²) in [5, 5.41) is 13.5. The molecule has 3 amide bonds. The molecule has 0 spiro atoms. The molecule has 2 aromatic rings. The quantitative estimate of drug-likeness (QED) is 0.380. The van der Waals surface area contributed by atoms with Crippen molar-refractivity contribution in [3.05, 3.63) is 36.0 Å². The van der Waals surface area contributed by atoms with Gasteiger partial charge >= 0.3 is 12.1 Å². The van der Waals surface area contributed by atoms with E-state index in [9.17, 15) is 24.3 Å². The predicted molar refractivity (Wildman–Crippen MR) is 153 cm³/mol. The molecule has 0 aliphatic carbocycles. The van der Waals surface area contributed by atoms with Crippen LogP contribution in [-0.4, -0.2) is 109 Å². The molecule has 2 fully saturated rings. The second-order valence-electron chi connectivity index (χ2n) is 9.88. The molecule has 13 heteroatoms. The zero-order chi connectivity index (χ0) is 29.2. The van der Waals surface area contributed by atoms with Crippen molar-refractivity contribution in [2.24, 2.45) is 0 Å². The van der Waals surface area contributed by atoms with Crippen molar-refractivity contribution in [2.45, 2.75) is 38.6 Å². The summed E-state index contributed by atoms with van der Waals surface area (Å²) in [6, 6.07) is 8.48. The summed E-state index contributed by atoms with van der Waals surface area (Å²) in [5.41, 5.74) is 1.07. The van der Waals surface area contributed by atoms with Crippen LogP contribution in [0.5, 0.6) is 0 Å². The van der Waals surface area contributed by atoms with Crippen molar-refractivity contribution < 1.29 is 33.8 Å². The van der Waals surface area contributed by atoms with E-state index >= 15 is 0 Å². The van der Waals surface area contributed by atoms with Crippen LogP contribution in [0.3, 0.4) is 0 Å². The minimum Gasteiger partial charge on any atom is -0.481 e. The minimum atomic E-state index is -1.06. The number of hydrogen-bond donors (Lipinski definition) is 2. The molecule has 2 saturated heterocycles. The van der Waals surface area contributed by atoms with Crippen LogP contribution in [0.4, 0.5) is 9.80 Å². The van der Waals surface area contributed by atoms with Crippen molar-refractivity contribution in [3.63, 3.8) is 0 Å². The number of anilines is 1. The zero-order valence-corrected chi connectivity index (χ0v) is 24.1. The number of nitrogens with one attached hydrogen (secondary N) is 1. The number of ether oxygens (including phenoxy) is 2. The number of rotatable bonds is 11. The maximum atomic E-state index is 13.6. The number of benzene rings is 1. The van der Waals surface area contributed by atoms with Crippen molar-refractivity contribution in [2.75, 3.05) is 64.0 Å². The lowest BCUT2D eigenvalue weighted by Crippen LogP contribution is -2.56. The average Bonchev–Trinajstić information content (AvgIpc) is 3.46. The Morgan fingerprint density at radius 1 is 1.05 bits per heavy atom. The number of unbranched alkanes of at least 4 members (excludes halogenated alkanes) is 1. The molecule has 3 heterocycles. The van der Waals surface area contributed by atoms with Gasteiger partial charge in [0.05, 0.1) is 19.8 Å². The average molecular weight is 588 g/mol. The van der Waals surface area contributed by atoms with Gasteiger partial charge in [0, 0.05) is 51.3 Å². The van der Waals surface area contributed by atoms with Gasteiger partial charge in [-0.1, -0.05) is 55.0 Å². The lowest BCUT2D eigenvalue weighted by Gasteiger charge is -2.36. The molecular weight excluding hydrogens is 550 g/mol. The number of hydrogen-bond acceptors (Lipinski definition) is 9. The van der Waals surface area contributed by atoms with Gasteiger partial charge in [-0.2, -0.15) is 0 Å². The first-order chi connectivity index (χ1) is 19.9. The van der Waals surface area contributed by atoms with Gasteiger partial charge in [-0.15, -0.1) is 0 Å². The van der Waals surface area contributed by atoms with Gasteiger partial charge in [0.2, 0.25) is 5.91 Å². The largest absolute Gasteiger partial charge is 0.481 e. The number of morpholine rings is 1. The minimum absolute atomic E-state index is 0.0677. The molecule has 2 N–H and O–H groups in total. The predicted octanol–water partition coefficient (Wildman–Crippen LogP) is 2.69. The van der Waals surface area contributed by atoms with Crippen LogP contribution in [0.15, 0.2) is 30.3 Å². The highest BCUT2D eigenvalue weighted by atomic mass is 32.1. The van der Waals surface area contributed by atoms with Crippen LogP contribution in [-0.2, 0) is 19.1 Å². The molecule has 41 heavy (non-hydrogen) atoms. The van der Waals surface area contributed by atoms with E-state index in [1.807, 2.05) is 37.3 Å². The van der Waals surface area contributed by atoms with E-state index in [2.05, 4.69) is 15.2 Å². The first-order valence-corrected chi connectivity index (χ1v) is 14.8. The van der Waals surface area contributed by atoms with Crippen molar-refractivity contribution in [3.8, 4) is 10.6 Å². The van der Waals surface area contributed by atoms with E-state index in [1.165, 1.54) is 11.3 Å². The fourth-order valence-electron chi connectivity index (χ4n) is 4.62. The second kappa shape index (κ2) is 14.8. The Morgan fingerprint density at radius 2 is 1.73 bits per heavy atom. The molecule has 4 rings (SSSR count). The molecular formula is C28H37N5O7S. The molecule has 0 bridgehead atoms. The van der Waals surface area contributed by atoms with Crippen LogP contribution in [0.25, 0.3) is 10.6 Å². The molecule has 1 aromatic carbocycles. The van der Waals surface area contributed by atoms with Gasteiger partial charge in [0.1, 0.15) is 16.1 Å². The Bertz CT molecular complexity index is 1190. The number of carboxylic acid groups (broad SMARTS) is 1. The Kier molecular flexibility index (Phi) is 10.9. The molecule has 2 aliphatic heterocycles. The van der Waals surface area contributed by atoms with Gasteiger partial charge in [0.15, 0.2) is 5.69 Å². The topological polar surface area (TPSA) is 142 Å². The number of amides is 3. The highest BCUT2D eigenvalue weighted by Crippen LogP contribution is 2.35. The number of thiazole rings is 1. The number of piperazine rings is 1. The maximum absolute atomic E-state index is 13.6. The van der Waals surface area contributed by atoms with Gasteiger partial charge < -0.3 is 34.6 Å². The van der Waals surface area contributed by atoms with Gasteiger partial charge in [0.25, 0.3) is 5.91 Å². The van der Waals surface area contributed by atoms with E-state index < -0.39 is 24.0 Å². The normalized spacial score (nSPS) is 16.3. The molecule has 222 valence electrons. The summed E-state index contributed by atoms with van der Waals surface area (Å²) < 4.78 is 10.8. The van der Waals surface area contributed by atoms with Crippen LogP contribution >= 0.6 is 11.3 Å². The van der Waals surface area contributed by atoms with Crippen molar-refractivity contribution in [1.82, 2.24) is 20.1 Å². The Balaban J connectivity index is 1.48. The number of nitrogens with zero attached hydrogens (tertiary/aromatic N) is 4. The number of carboxylic acids is 1. The lowest BCUT2D eigenvalue weighted by molar-refractivity contribution is -0.138. The summed E-state index contributed by atoms with van der Waals surface area (Å²) in [7, 11) is 0. The number of aromatic nitrogens is 1. The number of aliphatic carboxylic acids is 1. The van der Waals surface area contributed by atoms with Gasteiger partial charge in [-0.3, -0.25) is 14.4 Å². The second-order valence-corrected chi connectivity index (χ2v) is 10.9. The third kappa shape index (κ3) is 8.17. The first-order valence-electron chi connectivity index (χ1n) is 14.0. The Hall–Kier alpha value is -3.71. The standard InChI is InChI=1S/C28H37N5O7S/c1-2-3-17-40-28(38)33-13-11-31(12-14-33)26(37)21(9-10-22(34)35)29-24(36)23-27(32-15-18-39-19-16-32)41-25(30-23)20-7-5-4-6-8-20/h4-8,21H,2-3,9-19H2,1H3,(H,29,36)(H,34,35). The Morgan fingerprint density at radius 3 is 2.39 bits per heavy atom. The first kappa shape index (κ1) is 30.3. The van der Waals surface area contributed by atoms with Crippen LogP contribution < -0.4 is 10.2 Å². The van der Waals surface area contributed by atoms with Gasteiger partial charge in [-0.25, -0.2) is 9.78 Å². The number of carbonyl (C=O) groups is 4. The Labute approximate surface area is 243 Å². The van der Waals surface area contributed by atoms with E-state index in [0.717, 1.165) is 18.4 Å². The van der Waals surface area contributed by atoms with Crippen molar-refractivity contribution in [1.29, 1.82) is 0 Å². The molecule has 2 aliphatic rings. The smallest absolute Gasteiger partial charge is 0.409 e. The molecule has 12 nitrogen and oxygen atoms in total. The van der Waals surface area contributed by atoms with Crippen LogP contribution in [0.2, 0.25) is 0 Å². The monoisotopic (exact) mass is 587 g/mol. The lowest BCUT2D eigenvalue weighted by atomic mass is 10.1. The van der Waals surface area contributed by atoms with Crippen LogP contribution in [0.1, 0.15) is 43.1 Å². The maximum Gasteiger partial charge on any atom is 0.409 e. The molecule has 0 radical (unpaired) electrons. The summed E-state index contributed by atoms with van der Waals surface area (Å²) in [6.45, 7) is 5.73. The third-order valence-electron chi connectivity index (χ3n) is 6.97. The zero-order valence-electron chi connectivity index (χ0n) is 23.3. The molecule has 1 atom stereocenters. The third-order valence-corrected chi connectivity index (χ3v) is 8.13. The highest BCUT2D eigenvalue weighted by Gasteiger charge is 2.33. The fraction of sp³-hybridized carbons (Fsp3) is 0.536. The molecule has 0 saturated carbocycles. The van der Waals surface area contributed by atoms with E-state index in [1.54, 1.807) is 9.80 Å². The fourth-order valence-corrected chi connectivity index (χ4v) is 5.74. The molecule has 1 unspecified atom stereocenters. The van der Waals surface area contributed by atoms with E-state index in [-0.39, 0.29) is 37.5 Å². The van der Waals surface area contributed by atoms with Crippen LogP contribution in [0, 0.1) is 0 Å². The van der Waals surface area contributed by atoms with E-state index in [0.29, 0.717) is 56.0 Å². The van der Waals surface area contributed by atoms with Crippen molar-refractivity contribution >= 4 is 40.2 Å². The summed E-state index contributed by atoms with van der Waals surface area (Å²) >= 11 is 1.40. The summed E-state index contributed by atoms with van der Waals surface area (Å²) in [6.07, 6.45) is 0.940. The highest BCUT2D eigenvalue weighted by molar-refractivity contribution is 7.19. The van der Waals surface area contributed by atoms with Gasteiger partial charge in [-0.05, 0) is 12.8 Å². The summed E-state index contributed by atoms with van der Waals surface area (Å²) in [4.78, 5) is 60.7. The molecule has 1 aromatic heterocycles. The SMILES string of the molecule is CCCCOC(=O)N1CCN(C(=O)C(CCC(=O)O)NC(=O)c2nc(-c3ccccc3)sc2N2CCOCC2)CC1. The summed E-state index contributed by atoms with van der Waals surface area (Å²) in [5.74, 6) is -1.98. The number of carbonyl (C=O) groups excluding carboxylic acids is 3.